The molecule has 158 valence electrons. The lowest BCUT2D eigenvalue weighted by Gasteiger charge is -2.37. The zero-order valence-electron chi connectivity index (χ0n) is 17.1. The number of hydrogen-bond acceptors (Lipinski definition) is 7. The smallest absolute Gasteiger partial charge is 0.273 e. The molecule has 1 aliphatic heterocycles. The minimum absolute atomic E-state index is 0.175. The van der Waals surface area contributed by atoms with Crippen molar-refractivity contribution in [3.63, 3.8) is 0 Å². The molecule has 1 atom stereocenters. The van der Waals surface area contributed by atoms with Crippen LogP contribution in [0.5, 0.6) is 17.4 Å². The molecule has 0 N–H and O–H groups in total. The molecule has 1 unspecified atom stereocenters. The largest absolute Gasteiger partial charge is 0.482 e. The Kier molecular flexibility index (Phi) is 4.94. The van der Waals surface area contributed by atoms with Gasteiger partial charge in [-0.05, 0) is 53.8 Å². The lowest BCUT2D eigenvalue weighted by Crippen LogP contribution is -2.44. The van der Waals surface area contributed by atoms with Gasteiger partial charge in [-0.15, -0.1) is 0 Å². The van der Waals surface area contributed by atoms with Crippen molar-refractivity contribution < 1.29 is 18.9 Å². The molecule has 0 saturated carbocycles. The van der Waals surface area contributed by atoms with Gasteiger partial charge in [0.1, 0.15) is 11.3 Å². The van der Waals surface area contributed by atoms with E-state index in [1.807, 2.05) is 48.0 Å². The quantitative estimate of drug-likeness (QED) is 0.369. The fraction of sp³-hybridized carbons (Fsp3) is 0.227. The lowest BCUT2D eigenvalue weighted by molar-refractivity contribution is -0.204. The van der Waals surface area contributed by atoms with Crippen LogP contribution in [0.15, 0.2) is 48.8 Å². The fourth-order valence-corrected chi connectivity index (χ4v) is 4.10. The zero-order valence-corrected chi connectivity index (χ0v) is 19.3. The summed E-state index contributed by atoms with van der Waals surface area (Å²) in [5, 5.41) is 0. The van der Waals surface area contributed by atoms with Gasteiger partial charge in [-0.3, -0.25) is 4.57 Å². The maximum absolute atomic E-state index is 6.26. The molecule has 0 radical (unpaired) electrons. The number of rotatable bonds is 4. The molecule has 0 bridgehead atoms. The van der Waals surface area contributed by atoms with Crippen molar-refractivity contribution in [3.05, 3.63) is 63.7 Å². The van der Waals surface area contributed by atoms with Crippen molar-refractivity contribution in [2.45, 2.75) is 12.7 Å². The van der Waals surface area contributed by atoms with Crippen LogP contribution in [0.3, 0.4) is 0 Å². The normalized spacial score (nSPS) is 17.7. The van der Waals surface area contributed by atoms with Crippen LogP contribution in [0, 0.1) is 10.5 Å². The Balaban J connectivity index is 1.51. The van der Waals surface area contributed by atoms with Gasteiger partial charge in [0.05, 0.1) is 12.8 Å². The first-order valence-corrected chi connectivity index (χ1v) is 10.6. The third-order valence-electron chi connectivity index (χ3n) is 5.22. The van der Waals surface area contributed by atoms with Gasteiger partial charge in [0, 0.05) is 40.8 Å². The van der Waals surface area contributed by atoms with E-state index in [1.165, 1.54) is 0 Å². The number of nitrogens with zero attached hydrogens (tertiary/aromatic N) is 4. The van der Waals surface area contributed by atoms with Crippen LogP contribution in [0.2, 0.25) is 0 Å². The topological polar surface area (TPSA) is 80.5 Å². The summed E-state index contributed by atoms with van der Waals surface area (Å²) in [6.07, 6.45) is 3.49. The number of methoxy groups -OCH3 is 2. The van der Waals surface area contributed by atoms with Crippen molar-refractivity contribution in [1.29, 1.82) is 0 Å². The molecule has 8 nitrogen and oxygen atoms in total. The number of ether oxygens (including phenoxy) is 4. The highest BCUT2D eigenvalue weighted by Gasteiger charge is 2.41. The number of aromatic nitrogens is 4. The number of imidazole rings is 1. The summed E-state index contributed by atoms with van der Waals surface area (Å²) in [5.41, 5.74) is 3.28. The van der Waals surface area contributed by atoms with Gasteiger partial charge in [-0.1, -0.05) is 0 Å². The molecular weight excluding hydrogens is 511 g/mol. The molecule has 0 aliphatic carbocycles. The van der Waals surface area contributed by atoms with Gasteiger partial charge in [-0.25, -0.2) is 15.0 Å². The van der Waals surface area contributed by atoms with Crippen LogP contribution in [-0.2, 0) is 10.5 Å². The third kappa shape index (κ3) is 3.37. The zero-order chi connectivity index (χ0) is 21.6. The van der Waals surface area contributed by atoms with Gasteiger partial charge in [-0.2, -0.15) is 0 Å². The molecule has 4 heterocycles. The molecule has 0 saturated heterocycles. The molecule has 5 rings (SSSR count). The van der Waals surface area contributed by atoms with Crippen LogP contribution in [0.4, 0.5) is 0 Å². The Morgan fingerprint density at radius 1 is 1.06 bits per heavy atom. The lowest BCUT2D eigenvalue weighted by atomic mass is 10.1. The number of fused-ring (bicyclic) bond motifs is 2. The number of halogens is 1. The van der Waals surface area contributed by atoms with Gasteiger partial charge in [0.25, 0.3) is 5.79 Å². The van der Waals surface area contributed by atoms with E-state index in [9.17, 15) is 0 Å². The van der Waals surface area contributed by atoms with Crippen molar-refractivity contribution in [1.82, 2.24) is 19.5 Å². The Morgan fingerprint density at radius 2 is 1.94 bits per heavy atom. The molecule has 1 aliphatic rings. The van der Waals surface area contributed by atoms with Gasteiger partial charge in [0.15, 0.2) is 23.8 Å². The van der Waals surface area contributed by atoms with Gasteiger partial charge < -0.3 is 18.9 Å². The average molecular weight is 530 g/mol. The van der Waals surface area contributed by atoms with E-state index in [0.717, 1.165) is 31.8 Å². The van der Waals surface area contributed by atoms with Crippen molar-refractivity contribution in [3.8, 4) is 23.1 Å². The van der Waals surface area contributed by atoms with E-state index in [0.29, 0.717) is 17.4 Å². The molecule has 0 spiro atoms. The summed E-state index contributed by atoms with van der Waals surface area (Å²) in [6, 6.07) is 11.4. The average Bonchev–Trinajstić information content (AvgIpc) is 3.13. The number of aryl methyl sites for hydroxylation is 1. The number of hydrogen-bond donors (Lipinski definition) is 0. The van der Waals surface area contributed by atoms with E-state index in [1.54, 1.807) is 26.5 Å². The highest BCUT2D eigenvalue weighted by molar-refractivity contribution is 14.1. The predicted octanol–water partition coefficient (Wildman–Crippen LogP) is 4.01. The third-order valence-corrected chi connectivity index (χ3v) is 5.81. The summed E-state index contributed by atoms with van der Waals surface area (Å²) in [7, 11) is 3.16. The molecule has 1 aromatic carbocycles. The van der Waals surface area contributed by atoms with Crippen molar-refractivity contribution in [2.75, 3.05) is 20.8 Å². The van der Waals surface area contributed by atoms with E-state index >= 15 is 0 Å². The second-order valence-corrected chi connectivity index (χ2v) is 8.30. The second kappa shape index (κ2) is 7.65. The molecular formula is C22H19IN4O4. The van der Waals surface area contributed by atoms with E-state index < -0.39 is 5.79 Å². The van der Waals surface area contributed by atoms with E-state index in [4.69, 9.17) is 18.9 Å². The first kappa shape index (κ1) is 20.0. The van der Waals surface area contributed by atoms with Crippen LogP contribution < -0.4 is 14.2 Å². The van der Waals surface area contributed by atoms with E-state index in [-0.39, 0.29) is 6.61 Å². The molecule has 31 heavy (non-hydrogen) atoms. The summed E-state index contributed by atoms with van der Waals surface area (Å²) < 4.78 is 26.3. The summed E-state index contributed by atoms with van der Waals surface area (Å²) in [5.74, 6) is 1.47. The first-order chi connectivity index (χ1) is 15.0. The van der Waals surface area contributed by atoms with Gasteiger partial charge >= 0.3 is 0 Å². The SMILES string of the molecule is COc1ccc(C2(OC)COc3cc(-n4c(C)nc5cc(I)cnc54)ccc3O2)cn1. The van der Waals surface area contributed by atoms with Crippen LogP contribution >= 0.6 is 22.6 Å². The molecule has 4 aromatic rings. The number of benzene rings is 1. The Hall–Kier alpha value is -2.92. The Bertz CT molecular complexity index is 1270. The molecule has 0 amide bonds. The summed E-state index contributed by atoms with van der Waals surface area (Å²) >= 11 is 2.24. The first-order valence-electron chi connectivity index (χ1n) is 9.55. The monoisotopic (exact) mass is 530 g/mol. The second-order valence-electron chi connectivity index (χ2n) is 7.06. The highest BCUT2D eigenvalue weighted by atomic mass is 127. The van der Waals surface area contributed by atoms with Crippen molar-refractivity contribution >= 4 is 33.8 Å². The standard InChI is InChI=1S/C22H19IN4O4/c1-13-26-17-8-15(23)11-25-21(17)27(13)16-5-6-18-19(9-16)30-12-22(29-3,31-18)14-4-7-20(28-2)24-10-14/h4-11H,12H2,1-3H3. The minimum Gasteiger partial charge on any atom is -0.482 e. The predicted molar refractivity (Wildman–Crippen MR) is 122 cm³/mol. The Labute approximate surface area is 192 Å². The van der Waals surface area contributed by atoms with Gasteiger partial charge in [0.2, 0.25) is 5.88 Å². The molecule has 9 heteroatoms. The maximum Gasteiger partial charge on any atom is 0.273 e. The van der Waals surface area contributed by atoms with Crippen LogP contribution in [-0.4, -0.2) is 40.3 Å². The fourth-order valence-electron chi connectivity index (χ4n) is 3.66. The number of pyridine rings is 2. The van der Waals surface area contributed by atoms with Crippen LogP contribution in [0.25, 0.3) is 16.9 Å². The maximum atomic E-state index is 6.26. The van der Waals surface area contributed by atoms with Crippen molar-refractivity contribution in [2.24, 2.45) is 0 Å². The highest BCUT2D eigenvalue weighted by Crippen LogP contribution is 2.41. The minimum atomic E-state index is -1.09. The molecule has 3 aromatic heterocycles. The van der Waals surface area contributed by atoms with Crippen LogP contribution in [0.1, 0.15) is 11.4 Å². The Morgan fingerprint density at radius 3 is 2.68 bits per heavy atom. The molecule has 0 fully saturated rings. The summed E-state index contributed by atoms with van der Waals surface area (Å²) in [4.78, 5) is 13.5. The summed E-state index contributed by atoms with van der Waals surface area (Å²) in [6.45, 7) is 2.13. The van der Waals surface area contributed by atoms with E-state index in [2.05, 4.69) is 37.5 Å².